The third-order valence-electron chi connectivity index (χ3n) is 6.55. The molecule has 2 aliphatic rings. The summed E-state index contributed by atoms with van der Waals surface area (Å²) in [6, 6.07) is 13.6. The zero-order valence-electron chi connectivity index (χ0n) is 20.6. The average Bonchev–Trinajstić information content (AvgIpc) is 3.10. The van der Waals surface area contributed by atoms with Crippen LogP contribution in [0.3, 0.4) is 0 Å². The first-order chi connectivity index (χ1) is 17.5. The van der Waals surface area contributed by atoms with E-state index in [1.54, 1.807) is 36.4 Å². The van der Waals surface area contributed by atoms with Crippen LogP contribution in [0, 0.1) is 0 Å². The van der Waals surface area contributed by atoms with Gasteiger partial charge in [-0.05, 0) is 107 Å². The Morgan fingerprint density at radius 3 is 2.42 bits per heavy atom. The molecule has 2 fully saturated rings. The highest BCUT2D eigenvalue weighted by Gasteiger charge is 2.43. The molecule has 2 aromatic carbocycles. The molecular formula is C27H33ClN4O3S. The zero-order valence-corrected chi connectivity index (χ0v) is 22.2. The van der Waals surface area contributed by atoms with Crippen molar-refractivity contribution < 1.29 is 14.3 Å². The number of carbonyl (C=O) groups is 2. The van der Waals surface area contributed by atoms with E-state index in [2.05, 4.69) is 10.2 Å². The summed E-state index contributed by atoms with van der Waals surface area (Å²) in [5, 5.41) is 3.92. The molecular weight excluding hydrogens is 496 g/mol. The number of piperidine rings is 1. The van der Waals surface area contributed by atoms with E-state index in [-0.39, 0.29) is 18.2 Å². The highest BCUT2D eigenvalue weighted by atomic mass is 35.5. The van der Waals surface area contributed by atoms with Gasteiger partial charge in [0, 0.05) is 17.3 Å². The van der Waals surface area contributed by atoms with Crippen LogP contribution >= 0.6 is 23.8 Å². The summed E-state index contributed by atoms with van der Waals surface area (Å²) in [7, 11) is 0. The van der Waals surface area contributed by atoms with Gasteiger partial charge in [-0.15, -0.1) is 0 Å². The Labute approximate surface area is 223 Å². The number of anilines is 2. The number of rotatable bonds is 10. The maximum absolute atomic E-state index is 13.5. The third kappa shape index (κ3) is 6.55. The van der Waals surface area contributed by atoms with Crippen molar-refractivity contribution in [3.05, 3.63) is 53.6 Å². The summed E-state index contributed by atoms with van der Waals surface area (Å²) in [5.74, 6) is 0.312. The summed E-state index contributed by atoms with van der Waals surface area (Å²) in [6.45, 7) is 6.31. The second-order valence-electron chi connectivity index (χ2n) is 9.11. The molecule has 0 bridgehead atoms. The van der Waals surface area contributed by atoms with Crippen LogP contribution < -0.4 is 15.0 Å². The molecule has 1 unspecified atom stereocenters. The van der Waals surface area contributed by atoms with E-state index in [1.807, 2.05) is 24.0 Å². The molecule has 1 N–H and O–H groups in total. The standard InChI is InChI=1S/C27H33ClN4O3S/c1-2-35-23-13-9-21(10-14-23)29-25(33)19-24-26(34)32(22-11-7-20(28)8-12-22)27(36)31(24)18-6-17-30-15-4-3-5-16-30/h7-14,24H,2-6,15-19H2,1H3,(H,29,33). The molecule has 36 heavy (non-hydrogen) atoms. The minimum absolute atomic E-state index is 0.0139. The number of nitrogens with one attached hydrogen (secondary N) is 1. The van der Waals surface area contributed by atoms with Gasteiger partial charge in [-0.3, -0.25) is 14.5 Å². The van der Waals surface area contributed by atoms with E-state index in [0.717, 1.165) is 31.8 Å². The van der Waals surface area contributed by atoms with Crippen molar-refractivity contribution in [2.75, 3.05) is 43.0 Å². The van der Waals surface area contributed by atoms with E-state index in [0.29, 0.717) is 34.7 Å². The van der Waals surface area contributed by atoms with Crippen molar-refractivity contribution in [3.63, 3.8) is 0 Å². The van der Waals surface area contributed by atoms with Gasteiger partial charge in [-0.1, -0.05) is 18.0 Å². The lowest BCUT2D eigenvalue weighted by Crippen LogP contribution is -2.40. The number of thiocarbonyl (C=S) groups is 1. The van der Waals surface area contributed by atoms with Gasteiger partial charge >= 0.3 is 0 Å². The van der Waals surface area contributed by atoms with Gasteiger partial charge in [-0.25, -0.2) is 0 Å². The van der Waals surface area contributed by atoms with E-state index in [4.69, 9.17) is 28.6 Å². The van der Waals surface area contributed by atoms with E-state index < -0.39 is 6.04 Å². The van der Waals surface area contributed by atoms with Crippen LogP contribution in [-0.2, 0) is 9.59 Å². The van der Waals surface area contributed by atoms with Crippen molar-refractivity contribution in [3.8, 4) is 5.75 Å². The molecule has 0 spiro atoms. The number of halogens is 1. The number of benzene rings is 2. The van der Waals surface area contributed by atoms with Crippen molar-refractivity contribution >= 4 is 52.1 Å². The van der Waals surface area contributed by atoms with E-state index in [1.165, 1.54) is 24.2 Å². The molecule has 1 atom stereocenters. The number of likely N-dealkylation sites (tertiary alicyclic amines) is 1. The van der Waals surface area contributed by atoms with Crippen molar-refractivity contribution in [2.24, 2.45) is 0 Å². The van der Waals surface area contributed by atoms with Crippen LogP contribution in [-0.4, -0.2) is 65.6 Å². The Hall–Kier alpha value is -2.68. The summed E-state index contributed by atoms with van der Waals surface area (Å²) >= 11 is 11.8. The van der Waals surface area contributed by atoms with Crippen LogP contribution in [0.1, 0.15) is 39.0 Å². The molecule has 4 rings (SSSR count). The Balaban J connectivity index is 1.45. The summed E-state index contributed by atoms with van der Waals surface area (Å²) in [4.78, 5) is 32.4. The van der Waals surface area contributed by atoms with Crippen LogP contribution in [0.15, 0.2) is 48.5 Å². The monoisotopic (exact) mass is 528 g/mol. The molecule has 2 heterocycles. The predicted octanol–water partition coefficient (Wildman–Crippen LogP) is 4.95. The number of hydrogen-bond acceptors (Lipinski definition) is 5. The number of ether oxygens (including phenoxy) is 1. The SMILES string of the molecule is CCOc1ccc(NC(=O)CC2C(=O)N(c3ccc(Cl)cc3)C(=S)N2CCCN2CCCCC2)cc1. The quantitative estimate of drug-likeness (QED) is 0.440. The Bertz CT molecular complexity index is 1060. The molecule has 0 radical (unpaired) electrons. The van der Waals surface area contributed by atoms with Gasteiger partial charge in [0.25, 0.3) is 5.91 Å². The smallest absolute Gasteiger partial charge is 0.256 e. The summed E-state index contributed by atoms with van der Waals surface area (Å²) < 4.78 is 5.46. The highest BCUT2D eigenvalue weighted by molar-refractivity contribution is 7.80. The molecule has 0 aliphatic carbocycles. The molecule has 0 aromatic heterocycles. The lowest BCUT2D eigenvalue weighted by molar-refractivity contribution is -0.124. The topological polar surface area (TPSA) is 65.1 Å². The minimum Gasteiger partial charge on any atom is -0.494 e. The van der Waals surface area contributed by atoms with Gasteiger partial charge in [-0.2, -0.15) is 0 Å². The number of carbonyl (C=O) groups excluding carboxylic acids is 2. The number of nitrogens with zero attached hydrogens (tertiary/aromatic N) is 3. The fourth-order valence-corrected chi connectivity index (χ4v) is 5.29. The molecule has 2 aliphatic heterocycles. The number of hydrogen-bond donors (Lipinski definition) is 1. The fraction of sp³-hybridized carbons (Fsp3) is 0.444. The average molecular weight is 529 g/mol. The summed E-state index contributed by atoms with van der Waals surface area (Å²) in [6.07, 6.45) is 4.65. The van der Waals surface area contributed by atoms with Crippen LogP contribution in [0.5, 0.6) is 5.75 Å². The van der Waals surface area contributed by atoms with Gasteiger partial charge in [0.15, 0.2) is 5.11 Å². The highest BCUT2D eigenvalue weighted by Crippen LogP contribution is 2.29. The van der Waals surface area contributed by atoms with Crippen LogP contribution in [0.4, 0.5) is 11.4 Å². The second-order valence-corrected chi connectivity index (χ2v) is 9.91. The zero-order chi connectivity index (χ0) is 25.5. The molecule has 2 amide bonds. The normalized spacial score (nSPS) is 18.6. The van der Waals surface area contributed by atoms with Gasteiger partial charge in [0.2, 0.25) is 5.91 Å². The number of amides is 2. The van der Waals surface area contributed by atoms with Crippen molar-refractivity contribution in [1.29, 1.82) is 0 Å². The van der Waals surface area contributed by atoms with Gasteiger partial charge in [0.05, 0.1) is 18.7 Å². The lowest BCUT2D eigenvalue weighted by Gasteiger charge is -2.28. The van der Waals surface area contributed by atoms with E-state index in [9.17, 15) is 9.59 Å². The molecule has 9 heteroatoms. The van der Waals surface area contributed by atoms with E-state index >= 15 is 0 Å². The molecule has 0 saturated carbocycles. The second kappa shape index (κ2) is 12.5. The first-order valence-corrected chi connectivity index (χ1v) is 13.4. The summed E-state index contributed by atoms with van der Waals surface area (Å²) in [5.41, 5.74) is 1.31. The maximum Gasteiger partial charge on any atom is 0.256 e. The molecule has 192 valence electrons. The predicted molar refractivity (Wildman–Crippen MR) is 148 cm³/mol. The lowest BCUT2D eigenvalue weighted by atomic mass is 10.1. The maximum atomic E-state index is 13.5. The Morgan fingerprint density at radius 1 is 1.06 bits per heavy atom. The van der Waals surface area contributed by atoms with Crippen LogP contribution in [0.25, 0.3) is 0 Å². The van der Waals surface area contributed by atoms with Gasteiger partial charge in [0.1, 0.15) is 11.8 Å². The Morgan fingerprint density at radius 2 is 1.75 bits per heavy atom. The van der Waals surface area contributed by atoms with Crippen LogP contribution in [0.2, 0.25) is 5.02 Å². The molecule has 2 aromatic rings. The third-order valence-corrected chi connectivity index (χ3v) is 7.22. The largest absolute Gasteiger partial charge is 0.494 e. The molecule has 2 saturated heterocycles. The molecule has 7 nitrogen and oxygen atoms in total. The minimum atomic E-state index is -0.655. The fourth-order valence-electron chi connectivity index (χ4n) is 4.75. The van der Waals surface area contributed by atoms with Crippen molar-refractivity contribution in [1.82, 2.24) is 9.80 Å². The van der Waals surface area contributed by atoms with Crippen molar-refractivity contribution in [2.45, 2.75) is 45.1 Å². The Kier molecular flexibility index (Phi) is 9.18. The van der Waals surface area contributed by atoms with Gasteiger partial charge < -0.3 is 19.9 Å². The first-order valence-electron chi connectivity index (χ1n) is 12.6. The first kappa shape index (κ1) is 26.4.